The molecule has 2 N–H and O–H groups in total. The van der Waals surface area contributed by atoms with Gasteiger partial charge < -0.3 is 10.5 Å². The molecule has 1 atom stereocenters. The van der Waals surface area contributed by atoms with Crippen molar-refractivity contribution < 1.29 is 4.74 Å². The van der Waals surface area contributed by atoms with E-state index in [9.17, 15) is 0 Å². The third kappa shape index (κ3) is 2.33. The van der Waals surface area contributed by atoms with Gasteiger partial charge in [0.05, 0.1) is 0 Å². The van der Waals surface area contributed by atoms with Crippen LogP contribution in [-0.2, 0) is 13.0 Å². The van der Waals surface area contributed by atoms with Crippen LogP contribution in [-0.4, -0.2) is 0 Å². The van der Waals surface area contributed by atoms with Gasteiger partial charge in [0.15, 0.2) is 0 Å². The van der Waals surface area contributed by atoms with Crippen LogP contribution in [0, 0.1) is 0 Å². The van der Waals surface area contributed by atoms with Crippen LogP contribution < -0.4 is 10.5 Å². The fourth-order valence-electron chi connectivity index (χ4n) is 3.02. The van der Waals surface area contributed by atoms with Gasteiger partial charge in [-0.25, -0.2) is 0 Å². The van der Waals surface area contributed by atoms with Crippen LogP contribution in [0.2, 0.25) is 0 Å². The molecular formula is C18H17NOS. The lowest BCUT2D eigenvalue weighted by Gasteiger charge is -2.09. The van der Waals surface area contributed by atoms with Crippen LogP contribution in [0.25, 0.3) is 10.1 Å². The summed E-state index contributed by atoms with van der Waals surface area (Å²) < 4.78 is 7.30. The fraction of sp³-hybridized carbons (Fsp3) is 0.222. The summed E-state index contributed by atoms with van der Waals surface area (Å²) in [5.41, 5.74) is 9.95. The molecule has 1 aliphatic rings. The summed E-state index contributed by atoms with van der Waals surface area (Å²) in [6.07, 6.45) is 2.11. The van der Waals surface area contributed by atoms with Gasteiger partial charge in [-0.2, -0.15) is 0 Å². The number of aryl methyl sites for hydroxylation is 1. The maximum absolute atomic E-state index is 6.07. The van der Waals surface area contributed by atoms with Crippen LogP contribution in [0.3, 0.4) is 0 Å². The summed E-state index contributed by atoms with van der Waals surface area (Å²) in [5.74, 6) is 0.943. The molecule has 106 valence electrons. The topological polar surface area (TPSA) is 35.2 Å². The third-order valence-corrected chi connectivity index (χ3v) is 5.21. The van der Waals surface area contributed by atoms with Crippen molar-refractivity contribution in [1.29, 1.82) is 0 Å². The molecule has 2 aromatic carbocycles. The zero-order valence-corrected chi connectivity index (χ0v) is 12.5. The number of benzene rings is 2. The van der Waals surface area contributed by atoms with E-state index in [2.05, 4.69) is 41.8 Å². The second kappa shape index (κ2) is 5.17. The minimum Gasteiger partial charge on any atom is -0.489 e. The highest BCUT2D eigenvalue weighted by atomic mass is 32.1. The van der Waals surface area contributed by atoms with Crippen LogP contribution in [0.5, 0.6) is 5.75 Å². The first kappa shape index (κ1) is 12.9. The molecular weight excluding hydrogens is 278 g/mol. The Morgan fingerprint density at radius 2 is 2.10 bits per heavy atom. The molecule has 4 rings (SSSR count). The van der Waals surface area contributed by atoms with Gasteiger partial charge in [0.25, 0.3) is 0 Å². The standard InChI is InChI=1S/C18H17NOS/c19-17-8-5-12-9-14(6-7-15(12)17)20-10-13-11-21-18-4-2-1-3-16(13)18/h1-4,6-7,9,11,17H,5,8,10,19H2. The van der Waals surface area contributed by atoms with E-state index in [0.717, 1.165) is 18.6 Å². The Morgan fingerprint density at radius 1 is 1.19 bits per heavy atom. The van der Waals surface area contributed by atoms with Gasteiger partial charge in [-0.3, -0.25) is 0 Å². The number of fused-ring (bicyclic) bond motifs is 2. The maximum Gasteiger partial charge on any atom is 0.120 e. The van der Waals surface area contributed by atoms with Gasteiger partial charge >= 0.3 is 0 Å². The van der Waals surface area contributed by atoms with Gasteiger partial charge in [-0.05, 0) is 52.9 Å². The second-order valence-corrected chi connectivity index (χ2v) is 6.46. The smallest absolute Gasteiger partial charge is 0.120 e. The first-order chi connectivity index (χ1) is 10.3. The van der Waals surface area contributed by atoms with E-state index >= 15 is 0 Å². The lowest BCUT2D eigenvalue weighted by atomic mass is 10.1. The van der Waals surface area contributed by atoms with Crippen LogP contribution in [0.1, 0.15) is 29.2 Å². The highest BCUT2D eigenvalue weighted by Crippen LogP contribution is 2.32. The van der Waals surface area contributed by atoms with Crippen LogP contribution in [0.4, 0.5) is 0 Å². The molecule has 21 heavy (non-hydrogen) atoms. The monoisotopic (exact) mass is 295 g/mol. The van der Waals surface area contributed by atoms with Crippen molar-refractivity contribution in [3.05, 3.63) is 64.5 Å². The molecule has 3 aromatic rings. The predicted octanol–water partition coefficient (Wildman–Crippen LogP) is 4.43. The van der Waals surface area contributed by atoms with Crippen molar-refractivity contribution >= 4 is 21.4 Å². The molecule has 0 bridgehead atoms. The molecule has 1 unspecified atom stereocenters. The highest BCUT2D eigenvalue weighted by Gasteiger charge is 2.19. The minimum absolute atomic E-state index is 0.204. The molecule has 3 heteroatoms. The predicted molar refractivity (Wildman–Crippen MR) is 87.8 cm³/mol. The SMILES string of the molecule is NC1CCc2cc(OCc3csc4ccccc34)ccc21. The zero-order chi connectivity index (χ0) is 14.2. The highest BCUT2D eigenvalue weighted by molar-refractivity contribution is 7.17. The number of hydrogen-bond acceptors (Lipinski definition) is 3. The number of thiophene rings is 1. The van der Waals surface area contributed by atoms with Gasteiger partial charge in [-0.1, -0.05) is 24.3 Å². The number of ether oxygens (including phenoxy) is 1. The largest absolute Gasteiger partial charge is 0.489 e. The van der Waals surface area contributed by atoms with Crippen LogP contribution >= 0.6 is 11.3 Å². The quantitative estimate of drug-likeness (QED) is 0.776. The second-order valence-electron chi connectivity index (χ2n) is 5.55. The van der Waals surface area contributed by atoms with Gasteiger partial charge in [0.2, 0.25) is 0 Å². The average Bonchev–Trinajstić information content (AvgIpc) is 3.09. The normalized spacial score (nSPS) is 17.1. The molecule has 0 aliphatic heterocycles. The van der Waals surface area contributed by atoms with E-state index < -0.39 is 0 Å². The average molecular weight is 295 g/mol. The first-order valence-electron chi connectivity index (χ1n) is 7.27. The van der Waals surface area contributed by atoms with E-state index in [1.165, 1.54) is 26.8 Å². The molecule has 0 saturated heterocycles. The lowest BCUT2D eigenvalue weighted by molar-refractivity contribution is 0.308. The molecule has 1 heterocycles. The molecule has 0 radical (unpaired) electrons. The summed E-state index contributed by atoms with van der Waals surface area (Å²) in [4.78, 5) is 0. The maximum atomic E-state index is 6.07. The van der Waals surface area contributed by atoms with Gasteiger partial charge in [-0.15, -0.1) is 11.3 Å². The number of rotatable bonds is 3. The summed E-state index contributed by atoms with van der Waals surface area (Å²) in [6, 6.07) is 15.0. The molecule has 0 amide bonds. The Labute approximate surface area is 128 Å². The molecule has 0 saturated carbocycles. The van der Waals surface area contributed by atoms with E-state index in [4.69, 9.17) is 10.5 Å². The Kier molecular flexibility index (Phi) is 3.17. The summed E-state index contributed by atoms with van der Waals surface area (Å²) in [5, 5.41) is 3.49. The van der Waals surface area contributed by atoms with Crippen molar-refractivity contribution in [2.24, 2.45) is 5.73 Å². The number of hydrogen-bond donors (Lipinski definition) is 1. The summed E-state index contributed by atoms with van der Waals surface area (Å²) in [7, 11) is 0. The van der Waals surface area contributed by atoms with E-state index in [1.807, 2.05) is 6.07 Å². The fourth-order valence-corrected chi connectivity index (χ4v) is 3.97. The molecule has 0 fully saturated rings. The van der Waals surface area contributed by atoms with Crippen LogP contribution in [0.15, 0.2) is 47.8 Å². The van der Waals surface area contributed by atoms with E-state index in [-0.39, 0.29) is 6.04 Å². The van der Waals surface area contributed by atoms with Crippen molar-refractivity contribution in [3.63, 3.8) is 0 Å². The zero-order valence-electron chi connectivity index (χ0n) is 11.7. The summed E-state index contributed by atoms with van der Waals surface area (Å²) >= 11 is 1.77. The van der Waals surface area contributed by atoms with Gasteiger partial charge in [0.1, 0.15) is 12.4 Å². The van der Waals surface area contributed by atoms with Crippen molar-refractivity contribution in [2.75, 3.05) is 0 Å². The van der Waals surface area contributed by atoms with Crippen molar-refractivity contribution in [3.8, 4) is 5.75 Å². The Hall–Kier alpha value is -1.84. The summed E-state index contributed by atoms with van der Waals surface area (Å²) in [6.45, 7) is 0.620. The van der Waals surface area contributed by atoms with E-state index in [0.29, 0.717) is 6.61 Å². The Morgan fingerprint density at radius 3 is 3.05 bits per heavy atom. The van der Waals surface area contributed by atoms with E-state index in [1.54, 1.807) is 11.3 Å². The number of nitrogens with two attached hydrogens (primary N) is 1. The van der Waals surface area contributed by atoms with Gasteiger partial charge in [0, 0.05) is 16.3 Å². The third-order valence-electron chi connectivity index (χ3n) is 4.19. The molecule has 2 nitrogen and oxygen atoms in total. The molecule has 0 spiro atoms. The first-order valence-corrected chi connectivity index (χ1v) is 8.15. The van der Waals surface area contributed by atoms with Crippen molar-refractivity contribution in [1.82, 2.24) is 0 Å². The Balaban J connectivity index is 1.55. The minimum atomic E-state index is 0.204. The lowest BCUT2D eigenvalue weighted by Crippen LogP contribution is -2.05. The van der Waals surface area contributed by atoms with Crippen molar-refractivity contribution in [2.45, 2.75) is 25.5 Å². The molecule has 1 aromatic heterocycles. The molecule has 1 aliphatic carbocycles. The Bertz CT molecular complexity index is 793.